The van der Waals surface area contributed by atoms with E-state index in [1.807, 2.05) is 0 Å². The maximum absolute atomic E-state index is 13.6. The summed E-state index contributed by atoms with van der Waals surface area (Å²) in [6.45, 7) is 1.55. The van der Waals surface area contributed by atoms with Crippen LogP contribution in [-0.2, 0) is 0 Å². The Morgan fingerprint density at radius 3 is 2.21 bits per heavy atom. The van der Waals surface area contributed by atoms with Crippen LogP contribution < -0.4 is 4.74 Å². The minimum absolute atomic E-state index is 0.141. The fourth-order valence-electron chi connectivity index (χ4n) is 1.56. The first-order valence-electron chi connectivity index (χ1n) is 5.34. The molecule has 0 N–H and O–H groups in total. The number of hydrogen-bond donors (Lipinski definition) is 0. The van der Waals surface area contributed by atoms with Gasteiger partial charge in [0.2, 0.25) is 0 Å². The van der Waals surface area contributed by atoms with Crippen molar-refractivity contribution in [1.29, 1.82) is 5.26 Å². The van der Waals surface area contributed by atoms with Gasteiger partial charge in [0.1, 0.15) is 11.6 Å². The van der Waals surface area contributed by atoms with Crippen molar-refractivity contribution in [1.82, 2.24) is 0 Å². The van der Waals surface area contributed by atoms with Gasteiger partial charge in [0.05, 0.1) is 11.6 Å². The first kappa shape index (κ1) is 13.0. The molecule has 0 radical (unpaired) electrons. The van der Waals surface area contributed by atoms with Gasteiger partial charge < -0.3 is 4.74 Å². The number of ether oxygens (including phenoxy) is 1. The maximum Gasteiger partial charge on any atom is 0.198 e. The van der Waals surface area contributed by atoms with Gasteiger partial charge in [-0.1, -0.05) is 0 Å². The zero-order valence-corrected chi connectivity index (χ0v) is 9.88. The number of aryl methyl sites for hydroxylation is 1. The van der Waals surface area contributed by atoms with Crippen molar-refractivity contribution < 1.29 is 17.9 Å². The molecule has 0 amide bonds. The van der Waals surface area contributed by atoms with Gasteiger partial charge in [-0.05, 0) is 42.8 Å². The van der Waals surface area contributed by atoms with Gasteiger partial charge in [-0.25, -0.2) is 13.2 Å². The summed E-state index contributed by atoms with van der Waals surface area (Å²) in [6.07, 6.45) is 0. The molecule has 2 rings (SSSR count). The molecule has 0 aliphatic heterocycles. The van der Waals surface area contributed by atoms with E-state index in [-0.39, 0.29) is 11.3 Å². The highest BCUT2D eigenvalue weighted by Crippen LogP contribution is 2.30. The fourth-order valence-corrected chi connectivity index (χ4v) is 1.56. The molecule has 0 aliphatic rings. The largest absolute Gasteiger partial charge is 0.451 e. The lowest BCUT2D eigenvalue weighted by Crippen LogP contribution is -1.96. The molecule has 0 fully saturated rings. The molecule has 0 spiro atoms. The molecule has 0 aromatic heterocycles. The topological polar surface area (TPSA) is 33.0 Å². The van der Waals surface area contributed by atoms with E-state index in [9.17, 15) is 13.2 Å². The molecular formula is C14H8F3NO. The van der Waals surface area contributed by atoms with Crippen LogP contribution in [0.4, 0.5) is 13.2 Å². The molecule has 0 atom stereocenters. The number of benzene rings is 2. The van der Waals surface area contributed by atoms with Crippen molar-refractivity contribution in [2.24, 2.45) is 0 Å². The number of nitrogens with zero attached hydrogens (tertiary/aromatic N) is 1. The van der Waals surface area contributed by atoms with Gasteiger partial charge in [0, 0.05) is 0 Å². The summed E-state index contributed by atoms with van der Waals surface area (Å²) in [7, 11) is 0. The van der Waals surface area contributed by atoms with Crippen LogP contribution in [0.3, 0.4) is 0 Å². The zero-order valence-electron chi connectivity index (χ0n) is 9.88. The van der Waals surface area contributed by atoms with Crippen molar-refractivity contribution in [3.05, 3.63) is 58.9 Å². The third kappa shape index (κ3) is 2.68. The molecule has 0 unspecified atom stereocenters. The van der Waals surface area contributed by atoms with Crippen molar-refractivity contribution in [3.8, 4) is 17.6 Å². The second kappa shape index (κ2) is 5.02. The van der Waals surface area contributed by atoms with Gasteiger partial charge >= 0.3 is 0 Å². The Hall–Kier alpha value is -2.48. The Morgan fingerprint density at radius 1 is 1.05 bits per heavy atom. The Bertz CT molecular complexity index is 654. The standard InChI is InChI=1S/C14H8F3NO/c1-8-4-10(15)2-3-13(8)19-14-11(16)5-9(7-18)6-12(14)17/h2-6H,1H3. The van der Waals surface area contributed by atoms with Crippen LogP contribution in [0.25, 0.3) is 0 Å². The number of rotatable bonds is 2. The number of nitriles is 1. The molecule has 5 heteroatoms. The van der Waals surface area contributed by atoms with Crippen molar-refractivity contribution >= 4 is 0 Å². The minimum atomic E-state index is -0.986. The lowest BCUT2D eigenvalue weighted by Gasteiger charge is -2.10. The smallest absolute Gasteiger partial charge is 0.198 e. The van der Waals surface area contributed by atoms with Crippen molar-refractivity contribution in [2.75, 3.05) is 0 Å². The van der Waals surface area contributed by atoms with E-state index in [0.717, 1.165) is 18.2 Å². The lowest BCUT2D eigenvalue weighted by atomic mass is 10.2. The van der Waals surface area contributed by atoms with Crippen LogP contribution in [0.15, 0.2) is 30.3 Å². The molecular weight excluding hydrogens is 255 g/mol. The molecule has 0 saturated heterocycles. The average molecular weight is 263 g/mol. The van der Waals surface area contributed by atoms with E-state index in [4.69, 9.17) is 10.00 Å². The third-order valence-corrected chi connectivity index (χ3v) is 2.48. The fraction of sp³-hybridized carbons (Fsp3) is 0.0714. The summed E-state index contributed by atoms with van der Waals surface area (Å²) in [6, 6.07) is 6.97. The van der Waals surface area contributed by atoms with E-state index < -0.39 is 23.2 Å². The van der Waals surface area contributed by atoms with Gasteiger partial charge in [0.15, 0.2) is 17.4 Å². The molecule has 0 saturated carbocycles. The predicted octanol–water partition coefficient (Wildman–Crippen LogP) is 4.08. The quantitative estimate of drug-likeness (QED) is 0.818. The zero-order chi connectivity index (χ0) is 14.0. The average Bonchev–Trinajstić information content (AvgIpc) is 2.35. The Balaban J connectivity index is 2.41. The second-order valence-corrected chi connectivity index (χ2v) is 3.89. The molecule has 2 aromatic rings. The van der Waals surface area contributed by atoms with Gasteiger partial charge in [-0.3, -0.25) is 0 Å². The SMILES string of the molecule is Cc1cc(F)ccc1Oc1c(F)cc(C#N)cc1F. The highest BCUT2D eigenvalue weighted by atomic mass is 19.1. The molecule has 0 aliphatic carbocycles. The lowest BCUT2D eigenvalue weighted by molar-refractivity contribution is 0.404. The van der Waals surface area contributed by atoms with Crippen LogP contribution in [0, 0.1) is 35.7 Å². The summed E-state index contributed by atoms with van der Waals surface area (Å²) in [5, 5.41) is 8.58. The molecule has 2 aromatic carbocycles. The number of halogens is 3. The van der Waals surface area contributed by atoms with Crippen LogP contribution in [0.2, 0.25) is 0 Å². The minimum Gasteiger partial charge on any atom is -0.451 e. The molecule has 19 heavy (non-hydrogen) atoms. The highest BCUT2D eigenvalue weighted by Gasteiger charge is 2.14. The van der Waals surface area contributed by atoms with E-state index in [0.29, 0.717) is 5.56 Å². The first-order chi connectivity index (χ1) is 9.01. The molecule has 2 nitrogen and oxygen atoms in total. The molecule has 0 heterocycles. The summed E-state index contributed by atoms with van der Waals surface area (Å²) in [4.78, 5) is 0. The highest BCUT2D eigenvalue weighted by molar-refractivity contribution is 5.42. The Morgan fingerprint density at radius 2 is 1.68 bits per heavy atom. The third-order valence-electron chi connectivity index (χ3n) is 2.48. The Kier molecular flexibility index (Phi) is 3.43. The summed E-state index contributed by atoms with van der Waals surface area (Å²) in [5.41, 5.74) is 0.265. The molecule has 0 bridgehead atoms. The van der Waals surface area contributed by atoms with E-state index >= 15 is 0 Å². The number of hydrogen-bond acceptors (Lipinski definition) is 2. The monoisotopic (exact) mass is 263 g/mol. The summed E-state index contributed by atoms with van der Waals surface area (Å²) < 4.78 is 45.2. The van der Waals surface area contributed by atoms with E-state index in [1.165, 1.54) is 12.1 Å². The second-order valence-electron chi connectivity index (χ2n) is 3.89. The van der Waals surface area contributed by atoms with E-state index in [2.05, 4.69) is 0 Å². The van der Waals surface area contributed by atoms with Crippen LogP contribution in [0.5, 0.6) is 11.5 Å². The maximum atomic E-state index is 13.6. The van der Waals surface area contributed by atoms with Crippen LogP contribution >= 0.6 is 0 Å². The summed E-state index contributed by atoms with van der Waals surface area (Å²) in [5.74, 6) is -2.91. The first-order valence-corrected chi connectivity index (χ1v) is 5.34. The van der Waals surface area contributed by atoms with Gasteiger partial charge in [0.25, 0.3) is 0 Å². The Labute approximate surface area is 107 Å². The predicted molar refractivity (Wildman–Crippen MR) is 62.3 cm³/mol. The van der Waals surface area contributed by atoms with Gasteiger partial charge in [-0.15, -0.1) is 0 Å². The van der Waals surface area contributed by atoms with Crippen molar-refractivity contribution in [3.63, 3.8) is 0 Å². The summed E-state index contributed by atoms with van der Waals surface area (Å²) >= 11 is 0. The normalized spacial score (nSPS) is 10.1. The van der Waals surface area contributed by atoms with Crippen LogP contribution in [-0.4, -0.2) is 0 Å². The van der Waals surface area contributed by atoms with Crippen molar-refractivity contribution in [2.45, 2.75) is 6.92 Å². The molecule has 96 valence electrons. The van der Waals surface area contributed by atoms with Gasteiger partial charge in [-0.2, -0.15) is 5.26 Å². The van der Waals surface area contributed by atoms with E-state index in [1.54, 1.807) is 13.0 Å². The van der Waals surface area contributed by atoms with Crippen LogP contribution in [0.1, 0.15) is 11.1 Å².